The second kappa shape index (κ2) is 8.73. The van der Waals surface area contributed by atoms with Crippen LogP contribution < -0.4 is 10.6 Å². The van der Waals surface area contributed by atoms with Gasteiger partial charge in [0.05, 0.1) is 18.1 Å². The molecule has 1 atom stereocenters. The number of hydrogen-bond acceptors (Lipinski definition) is 3. The Bertz CT molecular complexity index is 589. The average Bonchev–Trinajstić information content (AvgIpc) is 2.51. The van der Waals surface area contributed by atoms with Gasteiger partial charge >= 0.3 is 0 Å². The molecule has 1 rings (SSSR count). The van der Waals surface area contributed by atoms with Gasteiger partial charge in [-0.3, -0.25) is 9.59 Å². The van der Waals surface area contributed by atoms with E-state index in [4.69, 9.17) is 0 Å². The van der Waals surface area contributed by atoms with Crippen LogP contribution in [0, 0.1) is 11.6 Å². The molecule has 0 heterocycles. The molecule has 0 saturated carbocycles. The number of benzene rings is 1. The van der Waals surface area contributed by atoms with Gasteiger partial charge in [-0.05, 0) is 18.9 Å². The Morgan fingerprint density at radius 2 is 1.88 bits per heavy atom. The second-order valence-corrected chi connectivity index (χ2v) is 5.83. The molecule has 0 aliphatic heterocycles. The van der Waals surface area contributed by atoms with E-state index < -0.39 is 35.1 Å². The second-order valence-electron chi connectivity index (χ2n) is 5.83. The molecular weight excluding hydrogens is 318 g/mol. The van der Waals surface area contributed by atoms with Gasteiger partial charge in [0, 0.05) is 25.1 Å². The number of hydrogen-bond donors (Lipinski definition) is 3. The molecule has 0 aliphatic rings. The zero-order valence-corrected chi connectivity index (χ0v) is 14.2. The van der Waals surface area contributed by atoms with Gasteiger partial charge in [-0.1, -0.05) is 19.9 Å². The van der Waals surface area contributed by atoms with E-state index in [-0.39, 0.29) is 18.5 Å². The van der Waals surface area contributed by atoms with Crippen molar-refractivity contribution < 1.29 is 23.5 Å². The Labute approximate surface area is 140 Å². The molecule has 134 valence electrons. The van der Waals surface area contributed by atoms with E-state index in [2.05, 4.69) is 10.6 Å². The minimum Gasteiger partial charge on any atom is -0.388 e. The van der Waals surface area contributed by atoms with Gasteiger partial charge < -0.3 is 15.7 Å². The summed E-state index contributed by atoms with van der Waals surface area (Å²) < 4.78 is 27.0. The summed E-state index contributed by atoms with van der Waals surface area (Å²) in [4.78, 5) is 23.4. The molecule has 0 bridgehead atoms. The molecule has 1 aromatic rings. The molecule has 1 aromatic carbocycles. The first-order valence-electron chi connectivity index (χ1n) is 7.92. The lowest BCUT2D eigenvalue weighted by Crippen LogP contribution is -2.43. The first-order valence-corrected chi connectivity index (χ1v) is 7.92. The van der Waals surface area contributed by atoms with Crippen molar-refractivity contribution in [2.75, 3.05) is 6.54 Å². The largest absolute Gasteiger partial charge is 0.388 e. The first kappa shape index (κ1) is 20.0. The van der Waals surface area contributed by atoms with Crippen LogP contribution in [0.1, 0.15) is 51.6 Å². The standard InChI is InChI=1S/C17H24F2N2O3/c1-4-17(24,5-2)10-20-16(23)9-15(21-11(3)22)13-7-6-12(18)8-14(13)19/h6-8,15,24H,4-5,9-10H2,1-3H3,(H,20,23)(H,21,22). The maximum Gasteiger partial charge on any atom is 0.222 e. The van der Waals surface area contributed by atoms with Gasteiger partial charge in [-0.25, -0.2) is 8.78 Å². The Morgan fingerprint density at radius 1 is 1.25 bits per heavy atom. The maximum atomic E-state index is 13.9. The lowest BCUT2D eigenvalue weighted by molar-refractivity contribution is -0.123. The van der Waals surface area contributed by atoms with E-state index >= 15 is 0 Å². The zero-order valence-electron chi connectivity index (χ0n) is 14.2. The lowest BCUT2D eigenvalue weighted by atomic mass is 9.97. The number of carbonyl (C=O) groups is 2. The molecule has 2 amide bonds. The third-order valence-electron chi connectivity index (χ3n) is 4.04. The van der Waals surface area contributed by atoms with Gasteiger partial charge in [-0.2, -0.15) is 0 Å². The first-order chi connectivity index (χ1) is 11.2. The van der Waals surface area contributed by atoms with Crippen LogP contribution in [0.3, 0.4) is 0 Å². The third kappa shape index (κ3) is 5.88. The highest BCUT2D eigenvalue weighted by Gasteiger charge is 2.25. The minimum atomic E-state index is -1.000. The van der Waals surface area contributed by atoms with Crippen molar-refractivity contribution in [3.8, 4) is 0 Å². The summed E-state index contributed by atoms with van der Waals surface area (Å²) in [6, 6.07) is 2.06. The summed E-state index contributed by atoms with van der Waals surface area (Å²) >= 11 is 0. The fourth-order valence-corrected chi connectivity index (χ4v) is 2.29. The molecule has 5 nitrogen and oxygen atoms in total. The molecule has 1 unspecified atom stereocenters. The Balaban J connectivity index is 2.83. The summed E-state index contributed by atoms with van der Waals surface area (Å²) in [5.74, 6) is -2.45. The zero-order chi connectivity index (χ0) is 18.3. The smallest absolute Gasteiger partial charge is 0.222 e. The molecular formula is C17H24F2N2O3. The highest BCUT2D eigenvalue weighted by molar-refractivity contribution is 5.79. The number of carbonyl (C=O) groups excluding carboxylic acids is 2. The van der Waals surface area contributed by atoms with Crippen LogP contribution in [0.25, 0.3) is 0 Å². The van der Waals surface area contributed by atoms with Crippen LogP contribution in [0.15, 0.2) is 18.2 Å². The van der Waals surface area contributed by atoms with Crippen LogP contribution in [0.2, 0.25) is 0 Å². The molecule has 0 aliphatic carbocycles. The highest BCUT2D eigenvalue weighted by Crippen LogP contribution is 2.21. The van der Waals surface area contributed by atoms with Crippen molar-refractivity contribution in [3.05, 3.63) is 35.4 Å². The fourth-order valence-electron chi connectivity index (χ4n) is 2.29. The molecule has 0 aromatic heterocycles. The van der Waals surface area contributed by atoms with Gasteiger partial charge in [0.15, 0.2) is 0 Å². The van der Waals surface area contributed by atoms with E-state index in [1.54, 1.807) is 0 Å². The predicted molar refractivity (Wildman–Crippen MR) is 86.1 cm³/mol. The van der Waals surface area contributed by atoms with Crippen molar-refractivity contribution in [1.29, 1.82) is 0 Å². The topological polar surface area (TPSA) is 78.4 Å². The molecule has 0 fully saturated rings. The summed E-state index contributed by atoms with van der Waals surface area (Å²) in [7, 11) is 0. The van der Waals surface area contributed by atoms with Crippen molar-refractivity contribution in [2.45, 2.75) is 51.7 Å². The molecule has 0 saturated heterocycles. The number of nitrogens with one attached hydrogen (secondary N) is 2. The molecule has 7 heteroatoms. The fraction of sp³-hybridized carbons (Fsp3) is 0.529. The Morgan fingerprint density at radius 3 is 2.38 bits per heavy atom. The molecule has 24 heavy (non-hydrogen) atoms. The molecule has 0 radical (unpaired) electrons. The van der Waals surface area contributed by atoms with Gasteiger partial charge in [0.1, 0.15) is 11.6 Å². The van der Waals surface area contributed by atoms with E-state index in [0.29, 0.717) is 18.9 Å². The summed E-state index contributed by atoms with van der Waals surface area (Å²) in [5, 5.41) is 15.2. The maximum absolute atomic E-state index is 13.9. The lowest BCUT2D eigenvalue weighted by Gasteiger charge is -2.26. The van der Waals surface area contributed by atoms with Gasteiger partial charge in [-0.15, -0.1) is 0 Å². The normalized spacial score (nSPS) is 12.6. The molecule has 0 spiro atoms. The number of amides is 2. The number of aliphatic hydroxyl groups is 1. The quantitative estimate of drug-likeness (QED) is 0.678. The van der Waals surface area contributed by atoms with Crippen LogP contribution in [0.4, 0.5) is 8.78 Å². The van der Waals surface area contributed by atoms with Crippen LogP contribution >= 0.6 is 0 Å². The predicted octanol–water partition coefficient (Wildman–Crippen LogP) is 2.20. The Hall–Kier alpha value is -2.02. The van der Waals surface area contributed by atoms with Gasteiger partial charge in [0.25, 0.3) is 0 Å². The van der Waals surface area contributed by atoms with Crippen LogP contribution in [-0.2, 0) is 9.59 Å². The minimum absolute atomic E-state index is 0.0306. The number of rotatable bonds is 8. The van der Waals surface area contributed by atoms with Crippen LogP contribution in [-0.4, -0.2) is 29.1 Å². The third-order valence-corrected chi connectivity index (χ3v) is 4.04. The van der Waals surface area contributed by atoms with Crippen molar-refractivity contribution in [1.82, 2.24) is 10.6 Å². The van der Waals surface area contributed by atoms with E-state index in [0.717, 1.165) is 6.07 Å². The summed E-state index contributed by atoms with van der Waals surface area (Å²) in [6.45, 7) is 4.93. The summed E-state index contributed by atoms with van der Waals surface area (Å²) in [6.07, 6.45) is 0.739. The van der Waals surface area contributed by atoms with E-state index in [9.17, 15) is 23.5 Å². The van der Waals surface area contributed by atoms with E-state index in [1.165, 1.54) is 13.0 Å². The number of halogens is 2. The van der Waals surface area contributed by atoms with Crippen molar-refractivity contribution in [3.63, 3.8) is 0 Å². The van der Waals surface area contributed by atoms with E-state index in [1.807, 2.05) is 13.8 Å². The van der Waals surface area contributed by atoms with Crippen LogP contribution in [0.5, 0.6) is 0 Å². The average molecular weight is 342 g/mol. The highest BCUT2D eigenvalue weighted by atomic mass is 19.1. The molecule has 3 N–H and O–H groups in total. The van der Waals surface area contributed by atoms with Crippen molar-refractivity contribution >= 4 is 11.8 Å². The SMILES string of the molecule is CCC(O)(CC)CNC(=O)CC(NC(C)=O)c1ccc(F)cc1F. The Kier molecular flexibility index (Phi) is 7.28. The monoisotopic (exact) mass is 342 g/mol. The van der Waals surface area contributed by atoms with Crippen molar-refractivity contribution in [2.24, 2.45) is 0 Å². The summed E-state index contributed by atoms with van der Waals surface area (Å²) in [5.41, 5.74) is -0.969. The van der Waals surface area contributed by atoms with Gasteiger partial charge in [0.2, 0.25) is 11.8 Å².